The first kappa shape index (κ1) is 16.4. The summed E-state index contributed by atoms with van der Waals surface area (Å²) in [5.41, 5.74) is 5.36. The highest BCUT2D eigenvalue weighted by Crippen LogP contribution is 2.31. The van der Waals surface area contributed by atoms with E-state index < -0.39 is 0 Å². The molecule has 2 atom stereocenters. The molecule has 1 aromatic carbocycles. The van der Waals surface area contributed by atoms with Crippen molar-refractivity contribution in [2.24, 2.45) is 11.7 Å². The number of piperidine rings is 1. The molecule has 1 aliphatic rings. The molecule has 0 spiro atoms. The highest BCUT2D eigenvalue weighted by atomic mass is 79.9. The van der Waals surface area contributed by atoms with Gasteiger partial charge in [0.25, 0.3) is 0 Å². The monoisotopic (exact) mass is 370 g/mol. The third-order valence-electron chi connectivity index (χ3n) is 3.62. The lowest BCUT2D eigenvalue weighted by atomic mass is 9.97. The Bertz CT molecular complexity index is 538. The van der Waals surface area contributed by atoms with Gasteiger partial charge in [-0.15, -0.1) is 11.8 Å². The van der Waals surface area contributed by atoms with Crippen molar-refractivity contribution in [3.8, 4) is 0 Å². The number of halogens is 1. The molecule has 2 unspecified atom stereocenters. The maximum Gasteiger partial charge on any atom is 0.235 e. The second-order valence-electron chi connectivity index (χ2n) is 5.22. The van der Waals surface area contributed by atoms with E-state index >= 15 is 0 Å². The molecule has 21 heavy (non-hydrogen) atoms. The van der Waals surface area contributed by atoms with Gasteiger partial charge >= 0.3 is 0 Å². The van der Waals surface area contributed by atoms with Crippen LogP contribution in [0, 0.1) is 5.92 Å². The molecular formula is C15H19BrN2O2S. The Morgan fingerprint density at radius 3 is 2.81 bits per heavy atom. The summed E-state index contributed by atoms with van der Waals surface area (Å²) >= 11 is 5.02. The minimum Gasteiger partial charge on any atom is -0.369 e. The third kappa shape index (κ3) is 4.23. The van der Waals surface area contributed by atoms with Crippen LogP contribution >= 0.6 is 27.7 Å². The summed E-state index contributed by atoms with van der Waals surface area (Å²) in [5, 5.41) is -0.185. The summed E-state index contributed by atoms with van der Waals surface area (Å²) in [6.07, 6.45) is 1.62. The van der Waals surface area contributed by atoms with Gasteiger partial charge in [0, 0.05) is 22.5 Å². The predicted molar refractivity (Wildman–Crippen MR) is 88.0 cm³/mol. The maximum absolute atomic E-state index is 12.5. The van der Waals surface area contributed by atoms with Gasteiger partial charge in [0.05, 0.1) is 11.2 Å². The van der Waals surface area contributed by atoms with E-state index in [1.165, 1.54) is 11.8 Å². The largest absolute Gasteiger partial charge is 0.369 e. The second kappa shape index (κ2) is 7.31. The Morgan fingerprint density at radius 1 is 1.43 bits per heavy atom. The van der Waals surface area contributed by atoms with Crippen molar-refractivity contribution in [3.63, 3.8) is 0 Å². The summed E-state index contributed by atoms with van der Waals surface area (Å²) in [6, 6.07) is 7.85. The number of rotatable bonds is 4. The molecule has 0 aliphatic carbocycles. The number of carbonyl (C=O) groups is 2. The van der Waals surface area contributed by atoms with Gasteiger partial charge in [-0.25, -0.2) is 0 Å². The minimum absolute atomic E-state index is 0.0710. The van der Waals surface area contributed by atoms with Gasteiger partial charge in [-0.05, 0) is 47.8 Å². The van der Waals surface area contributed by atoms with Crippen molar-refractivity contribution < 1.29 is 9.59 Å². The van der Waals surface area contributed by atoms with Crippen molar-refractivity contribution in [1.82, 2.24) is 4.90 Å². The van der Waals surface area contributed by atoms with Gasteiger partial charge in [0.15, 0.2) is 0 Å². The number of carbonyl (C=O) groups excluding carboxylic acids is 2. The zero-order valence-corrected chi connectivity index (χ0v) is 14.3. The number of hydrogen-bond acceptors (Lipinski definition) is 3. The highest BCUT2D eigenvalue weighted by Gasteiger charge is 2.29. The summed E-state index contributed by atoms with van der Waals surface area (Å²) in [5.74, 6) is -0.441. The van der Waals surface area contributed by atoms with Crippen molar-refractivity contribution >= 4 is 39.5 Å². The van der Waals surface area contributed by atoms with Crippen LogP contribution < -0.4 is 5.73 Å². The molecule has 0 bridgehead atoms. The number of likely N-dealkylation sites (tertiary alicyclic amines) is 1. The smallest absolute Gasteiger partial charge is 0.235 e. The van der Waals surface area contributed by atoms with Crippen LogP contribution in [-0.4, -0.2) is 35.1 Å². The van der Waals surface area contributed by atoms with Crippen molar-refractivity contribution in [2.45, 2.75) is 29.9 Å². The molecule has 114 valence electrons. The summed E-state index contributed by atoms with van der Waals surface area (Å²) in [6.45, 7) is 3.07. The zero-order valence-electron chi connectivity index (χ0n) is 11.9. The predicted octanol–water partition coefficient (Wildman–Crippen LogP) is 2.65. The highest BCUT2D eigenvalue weighted by molar-refractivity contribution is 9.10. The first-order valence-corrected chi connectivity index (χ1v) is 8.65. The number of amides is 2. The van der Waals surface area contributed by atoms with E-state index in [4.69, 9.17) is 5.73 Å². The van der Waals surface area contributed by atoms with Crippen molar-refractivity contribution in [3.05, 3.63) is 28.7 Å². The van der Waals surface area contributed by atoms with E-state index in [9.17, 15) is 9.59 Å². The zero-order chi connectivity index (χ0) is 15.4. The Labute approximate surface area is 137 Å². The number of hydrogen-bond donors (Lipinski definition) is 1. The van der Waals surface area contributed by atoms with E-state index in [0.717, 1.165) is 22.2 Å². The topological polar surface area (TPSA) is 63.4 Å². The fourth-order valence-corrected chi connectivity index (χ4v) is 3.98. The summed E-state index contributed by atoms with van der Waals surface area (Å²) in [4.78, 5) is 26.6. The van der Waals surface area contributed by atoms with Crippen LogP contribution in [0.3, 0.4) is 0 Å². The minimum atomic E-state index is -0.307. The normalized spacial score (nSPS) is 20.1. The Kier molecular flexibility index (Phi) is 5.70. The van der Waals surface area contributed by atoms with Gasteiger partial charge in [0.1, 0.15) is 0 Å². The standard InChI is InChI=1S/C15H19BrN2O2S/c1-10(21-13-7-3-2-6-12(13)16)15(20)18-8-4-5-11(9-18)14(17)19/h2-3,6-7,10-11H,4-5,8-9H2,1H3,(H2,17,19). The van der Waals surface area contributed by atoms with Gasteiger partial charge in [-0.2, -0.15) is 0 Å². The summed E-state index contributed by atoms with van der Waals surface area (Å²) < 4.78 is 0.989. The average molecular weight is 371 g/mol. The molecule has 2 rings (SSSR count). The van der Waals surface area contributed by atoms with Gasteiger partial charge in [0.2, 0.25) is 11.8 Å². The van der Waals surface area contributed by atoms with Crippen LogP contribution in [0.5, 0.6) is 0 Å². The van der Waals surface area contributed by atoms with E-state index in [1.54, 1.807) is 4.90 Å². The van der Waals surface area contributed by atoms with Crippen molar-refractivity contribution in [2.75, 3.05) is 13.1 Å². The van der Waals surface area contributed by atoms with Crippen LogP contribution in [0.15, 0.2) is 33.6 Å². The lowest BCUT2D eigenvalue weighted by molar-refractivity contribution is -0.134. The first-order chi connectivity index (χ1) is 9.99. The third-order valence-corrected chi connectivity index (χ3v) is 5.74. The first-order valence-electron chi connectivity index (χ1n) is 6.98. The Balaban J connectivity index is 1.99. The molecule has 2 amide bonds. The number of nitrogens with two attached hydrogens (primary N) is 1. The molecule has 1 heterocycles. The fourth-order valence-electron chi connectivity index (χ4n) is 2.45. The van der Waals surface area contributed by atoms with Gasteiger partial charge in [-0.3, -0.25) is 9.59 Å². The molecule has 1 fully saturated rings. The Hall–Kier alpha value is -1.01. The second-order valence-corrected chi connectivity index (χ2v) is 7.45. The molecule has 6 heteroatoms. The molecule has 1 aliphatic heterocycles. The van der Waals surface area contributed by atoms with Gasteiger partial charge < -0.3 is 10.6 Å². The quantitative estimate of drug-likeness (QED) is 0.828. The summed E-state index contributed by atoms with van der Waals surface area (Å²) in [7, 11) is 0. The molecular weight excluding hydrogens is 352 g/mol. The number of nitrogens with zero attached hydrogens (tertiary/aromatic N) is 1. The maximum atomic E-state index is 12.5. The molecule has 4 nitrogen and oxygen atoms in total. The lowest BCUT2D eigenvalue weighted by Gasteiger charge is -2.32. The van der Waals surface area contributed by atoms with Crippen LogP contribution in [0.2, 0.25) is 0 Å². The van der Waals surface area contributed by atoms with E-state index in [2.05, 4.69) is 15.9 Å². The number of primary amides is 1. The van der Waals surface area contributed by atoms with E-state index in [0.29, 0.717) is 13.1 Å². The number of thioether (sulfide) groups is 1. The van der Waals surface area contributed by atoms with Gasteiger partial charge in [-0.1, -0.05) is 12.1 Å². The molecule has 1 aromatic rings. The van der Waals surface area contributed by atoms with E-state index in [1.807, 2.05) is 31.2 Å². The number of benzene rings is 1. The fraction of sp³-hybridized carbons (Fsp3) is 0.467. The molecule has 1 saturated heterocycles. The SMILES string of the molecule is CC(Sc1ccccc1Br)C(=O)N1CCCC(C(N)=O)C1. The van der Waals surface area contributed by atoms with Crippen LogP contribution in [-0.2, 0) is 9.59 Å². The van der Waals surface area contributed by atoms with E-state index in [-0.39, 0.29) is 23.0 Å². The Morgan fingerprint density at radius 2 is 2.14 bits per heavy atom. The molecule has 0 radical (unpaired) electrons. The lowest BCUT2D eigenvalue weighted by Crippen LogP contribution is -2.46. The molecule has 2 N–H and O–H groups in total. The molecule has 0 aromatic heterocycles. The van der Waals surface area contributed by atoms with Crippen LogP contribution in [0.25, 0.3) is 0 Å². The van der Waals surface area contributed by atoms with Crippen molar-refractivity contribution in [1.29, 1.82) is 0 Å². The van der Waals surface area contributed by atoms with Crippen LogP contribution in [0.4, 0.5) is 0 Å². The average Bonchev–Trinajstić information content (AvgIpc) is 2.49. The molecule has 0 saturated carbocycles. The van der Waals surface area contributed by atoms with Crippen LogP contribution in [0.1, 0.15) is 19.8 Å².